The molecule has 0 aromatic heterocycles. The van der Waals surface area contributed by atoms with E-state index in [2.05, 4.69) is 15.8 Å². The molecule has 0 radical (unpaired) electrons. The molecule has 0 aliphatic carbocycles. The molecule has 0 nitrogen and oxygen atoms in total. The van der Waals surface area contributed by atoms with Crippen molar-refractivity contribution in [2.24, 2.45) is 0 Å². The Morgan fingerprint density at radius 3 is 2.00 bits per heavy atom. The SMILES string of the molecule is C=CCP.S. The van der Waals surface area contributed by atoms with Crippen LogP contribution in [0.25, 0.3) is 0 Å². The molecule has 0 N–H and O–H groups in total. The number of rotatable bonds is 1. The fraction of sp³-hybridized carbons (Fsp3) is 0.333. The van der Waals surface area contributed by atoms with Gasteiger partial charge in [0.05, 0.1) is 0 Å². The van der Waals surface area contributed by atoms with Gasteiger partial charge in [-0.2, -0.15) is 13.5 Å². The first-order valence-electron chi connectivity index (χ1n) is 1.22. The van der Waals surface area contributed by atoms with Crippen LogP contribution in [0.5, 0.6) is 0 Å². The Balaban J connectivity index is 0. The molecule has 5 heavy (non-hydrogen) atoms. The molecule has 0 aromatic rings. The van der Waals surface area contributed by atoms with Gasteiger partial charge in [-0.15, -0.1) is 15.8 Å². The van der Waals surface area contributed by atoms with Gasteiger partial charge in [0.15, 0.2) is 0 Å². The highest BCUT2D eigenvalue weighted by molar-refractivity contribution is 7.59. The van der Waals surface area contributed by atoms with E-state index in [1.165, 1.54) is 0 Å². The van der Waals surface area contributed by atoms with Crippen molar-refractivity contribution in [1.29, 1.82) is 0 Å². The minimum atomic E-state index is 0. The van der Waals surface area contributed by atoms with Crippen LogP contribution in [0.1, 0.15) is 0 Å². The summed E-state index contributed by atoms with van der Waals surface area (Å²) in [5, 5.41) is 0. The van der Waals surface area contributed by atoms with Crippen molar-refractivity contribution >= 4 is 22.7 Å². The molecule has 0 spiro atoms. The second-order valence-corrected chi connectivity index (χ2v) is 0.996. The topological polar surface area (TPSA) is 0 Å². The van der Waals surface area contributed by atoms with E-state index in [-0.39, 0.29) is 13.5 Å². The van der Waals surface area contributed by atoms with Crippen LogP contribution >= 0.6 is 22.7 Å². The zero-order valence-electron chi connectivity index (χ0n) is 3.07. The van der Waals surface area contributed by atoms with E-state index < -0.39 is 0 Å². The van der Waals surface area contributed by atoms with Crippen LogP contribution in [0, 0.1) is 0 Å². The van der Waals surface area contributed by atoms with Crippen LogP contribution in [0.4, 0.5) is 0 Å². The van der Waals surface area contributed by atoms with Gasteiger partial charge >= 0.3 is 0 Å². The molecule has 0 aliphatic heterocycles. The van der Waals surface area contributed by atoms with Crippen LogP contribution in [0.15, 0.2) is 12.7 Å². The molecule has 1 unspecified atom stereocenters. The predicted octanol–water partition coefficient (Wildman–Crippen LogP) is 1.16. The van der Waals surface area contributed by atoms with Crippen molar-refractivity contribution in [1.82, 2.24) is 0 Å². The third-order valence-corrected chi connectivity index (χ3v) is 0.500. The largest absolute Gasteiger partial charge is 0.197 e. The molecule has 0 aliphatic rings. The molecule has 0 saturated carbocycles. The minimum absolute atomic E-state index is 0. The fourth-order valence-corrected chi connectivity index (χ4v) is 0. The Morgan fingerprint density at radius 1 is 1.80 bits per heavy atom. The van der Waals surface area contributed by atoms with E-state index in [4.69, 9.17) is 0 Å². The maximum Gasteiger partial charge on any atom is -0.0203 e. The summed E-state index contributed by atoms with van der Waals surface area (Å²) < 4.78 is 0. The van der Waals surface area contributed by atoms with Crippen LogP contribution in [0.2, 0.25) is 0 Å². The second kappa shape index (κ2) is 8.82. The van der Waals surface area contributed by atoms with E-state index in [0.29, 0.717) is 0 Å². The van der Waals surface area contributed by atoms with Gasteiger partial charge < -0.3 is 0 Å². The van der Waals surface area contributed by atoms with Crippen LogP contribution < -0.4 is 0 Å². The lowest BCUT2D eigenvalue weighted by Crippen LogP contribution is -1.43. The maximum atomic E-state index is 3.46. The summed E-state index contributed by atoms with van der Waals surface area (Å²) in [6.45, 7) is 3.46. The van der Waals surface area contributed by atoms with Crippen molar-refractivity contribution in [3.05, 3.63) is 12.7 Å². The Hall–Kier alpha value is 0.520. The zero-order valence-corrected chi connectivity index (χ0v) is 5.22. The van der Waals surface area contributed by atoms with Crippen molar-refractivity contribution < 1.29 is 0 Å². The lowest BCUT2D eigenvalue weighted by atomic mass is 10.8. The first-order chi connectivity index (χ1) is 1.91. The predicted molar refractivity (Wildman–Crippen MR) is 35.2 cm³/mol. The average molecular weight is 108 g/mol. The van der Waals surface area contributed by atoms with E-state index in [1.54, 1.807) is 0 Å². The maximum absolute atomic E-state index is 3.46. The molecule has 0 heterocycles. The smallest absolute Gasteiger partial charge is 0.0203 e. The Labute approximate surface area is 42.3 Å². The van der Waals surface area contributed by atoms with Crippen molar-refractivity contribution in [2.75, 3.05) is 6.16 Å². The summed E-state index contributed by atoms with van der Waals surface area (Å²) in [6.07, 6.45) is 2.84. The third-order valence-electron chi connectivity index (χ3n) is 0.167. The summed E-state index contributed by atoms with van der Waals surface area (Å²) in [5.41, 5.74) is 0. The van der Waals surface area contributed by atoms with Crippen LogP contribution in [0.3, 0.4) is 0 Å². The average Bonchev–Trinajstić information content (AvgIpc) is 1.37. The van der Waals surface area contributed by atoms with Crippen LogP contribution in [-0.2, 0) is 0 Å². The highest BCUT2D eigenvalue weighted by Crippen LogP contribution is 1.74. The monoisotopic (exact) mass is 108 g/mol. The minimum Gasteiger partial charge on any atom is -0.197 e. The summed E-state index contributed by atoms with van der Waals surface area (Å²) in [4.78, 5) is 0. The Morgan fingerprint density at radius 2 is 2.00 bits per heavy atom. The van der Waals surface area contributed by atoms with Gasteiger partial charge in [0, 0.05) is 0 Å². The number of allylic oxidation sites excluding steroid dienone is 1. The molecule has 2 heteroatoms. The molecule has 0 saturated heterocycles. The van der Waals surface area contributed by atoms with Gasteiger partial charge in [0.1, 0.15) is 0 Å². The van der Waals surface area contributed by atoms with Gasteiger partial charge in [-0.3, -0.25) is 0 Å². The molecule has 0 rings (SSSR count). The van der Waals surface area contributed by atoms with Crippen molar-refractivity contribution in [3.8, 4) is 0 Å². The van der Waals surface area contributed by atoms with E-state index in [1.807, 2.05) is 6.08 Å². The van der Waals surface area contributed by atoms with Gasteiger partial charge in [0.25, 0.3) is 0 Å². The standard InChI is InChI=1S/C3H7P.H2S/c1-2-3-4;/h2H,1,3-4H2;1H2. The van der Waals surface area contributed by atoms with Gasteiger partial charge in [0.2, 0.25) is 0 Å². The lowest BCUT2D eigenvalue weighted by Gasteiger charge is -1.58. The summed E-state index contributed by atoms with van der Waals surface area (Å²) in [6, 6.07) is 0. The number of hydrogen-bond acceptors (Lipinski definition) is 0. The quantitative estimate of drug-likeness (QED) is 0.349. The highest BCUT2D eigenvalue weighted by Gasteiger charge is 1.44. The molecule has 1 atom stereocenters. The highest BCUT2D eigenvalue weighted by atomic mass is 32.1. The van der Waals surface area contributed by atoms with Crippen molar-refractivity contribution in [2.45, 2.75) is 0 Å². The normalized spacial score (nSPS) is 5.00. The van der Waals surface area contributed by atoms with Crippen LogP contribution in [-0.4, -0.2) is 6.16 Å². The molecular weight excluding hydrogens is 99.1 g/mol. The Kier molecular flexibility index (Phi) is 16.1. The summed E-state index contributed by atoms with van der Waals surface area (Å²) in [7, 11) is 2.54. The molecule has 32 valence electrons. The molecule has 0 amide bonds. The molecule has 0 fully saturated rings. The molecular formula is C3H9PS. The van der Waals surface area contributed by atoms with Gasteiger partial charge in [-0.05, 0) is 6.16 Å². The summed E-state index contributed by atoms with van der Waals surface area (Å²) in [5.74, 6) is 0. The summed E-state index contributed by atoms with van der Waals surface area (Å²) >= 11 is 0. The lowest BCUT2D eigenvalue weighted by molar-refractivity contribution is 1.83. The molecule has 0 bridgehead atoms. The van der Waals surface area contributed by atoms with E-state index >= 15 is 0 Å². The third kappa shape index (κ3) is 12.4. The van der Waals surface area contributed by atoms with Gasteiger partial charge in [-0.25, -0.2) is 0 Å². The second-order valence-electron chi connectivity index (χ2n) is 0.524. The van der Waals surface area contributed by atoms with E-state index in [0.717, 1.165) is 6.16 Å². The van der Waals surface area contributed by atoms with Gasteiger partial charge in [-0.1, -0.05) is 6.08 Å². The number of hydrogen-bond donors (Lipinski definition) is 0. The zero-order chi connectivity index (χ0) is 3.41. The molecule has 0 aromatic carbocycles. The van der Waals surface area contributed by atoms with E-state index in [9.17, 15) is 0 Å². The first kappa shape index (κ1) is 9.10. The fourth-order valence-electron chi connectivity index (χ4n) is 0. The van der Waals surface area contributed by atoms with Crippen molar-refractivity contribution in [3.63, 3.8) is 0 Å². The Bertz CT molecular complexity index is 20.9. The first-order valence-corrected chi connectivity index (χ1v) is 2.04.